The molecule has 9 nitrogen and oxygen atoms in total. The Morgan fingerprint density at radius 3 is 2.31 bits per heavy atom. The summed E-state index contributed by atoms with van der Waals surface area (Å²) in [4.78, 5) is 52.2. The van der Waals surface area contributed by atoms with Crippen LogP contribution in [0.5, 0.6) is 0 Å². The number of piperidine rings is 1. The number of aromatic nitrogens is 1. The highest BCUT2D eigenvalue weighted by Gasteiger charge is 2.37. The molecule has 2 aliphatic heterocycles. The van der Waals surface area contributed by atoms with Crippen molar-refractivity contribution in [1.29, 1.82) is 0 Å². The monoisotopic (exact) mass is 396 g/mol. The Bertz CT molecular complexity index is 955. The predicted molar refractivity (Wildman–Crippen MR) is 100 cm³/mol. The maximum absolute atomic E-state index is 12.6. The van der Waals surface area contributed by atoms with Gasteiger partial charge in [0, 0.05) is 25.2 Å². The number of aryl methyl sites for hydroxylation is 1. The number of nitrogens with zero attached hydrogens (tertiary/aromatic N) is 3. The lowest BCUT2D eigenvalue weighted by molar-refractivity contribution is -0.132. The van der Waals surface area contributed by atoms with Gasteiger partial charge in [0.1, 0.15) is 12.3 Å². The van der Waals surface area contributed by atoms with Crippen LogP contribution in [0.1, 0.15) is 49.8 Å². The number of likely N-dealkylation sites (tertiary alicyclic amines) is 1. The molecule has 0 spiro atoms. The Morgan fingerprint density at radius 2 is 1.76 bits per heavy atom. The summed E-state index contributed by atoms with van der Waals surface area (Å²) in [7, 11) is 0. The number of benzene rings is 1. The van der Waals surface area contributed by atoms with Crippen LogP contribution in [0.4, 0.5) is 0 Å². The SMILES string of the molecule is Cc1cc(C(=O)NC2CCN(C(=O)CN3C(=O)c4ccccc4C3=O)CC2)no1. The summed E-state index contributed by atoms with van der Waals surface area (Å²) in [5.74, 6) is -0.911. The van der Waals surface area contributed by atoms with E-state index >= 15 is 0 Å². The van der Waals surface area contributed by atoms with Crippen molar-refractivity contribution in [1.82, 2.24) is 20.3 Å². The third-order valence-electron chi connectivity index (χ3n) is 5.22. The number of imide groups is 1. The van der Waals surface area contributed by atoms with Gasteiger partial charge in [-0.05, 0) is 31.9 Å². The summed E-state index contributed by atoms with van der Waals surface area (Å²) in [6.45, 7) is 2.30. The van der Waals surface area contributed by atoms with E-state index in [0.717, 1.165) is 4.90 Å². The molecule has 0 unspecified atom stereocenters. The van der Waals surface area contributed by atoms with Crippen LogP contribution in [0.25, 0.3) is 0 Å². The Kier molecular flexibility index (Phi) is 4.87. The molecule has 0 aliphatic carbocycles. The average Bonchev–Trinajstić information content (AvgIpc) is 3.26. The van der Waals surface area contributed by atoms with Crippen molar-refractivity contribution >= 4 is 23.6 Å². The fraction of sp³-hybridized carbons (Fsp3) is 0.350. The van der Waals surface area contributed by atoms with Crippen LogP contribution in [0, 0.1) is 6.92 Å². The first kappa shape index (κ1) is 18.9. The van der Waals surface area contributed by atoms with Gasteiger partial charge in [0.05, 0.1) is 11.1 Å². The molecule has 0 atom stereocenters. The Morgan fingerprint density at radius 1 is 1.14 bits per heavy atom. The van der Waals surface area contributed by atoms with Crippen LogP contribution in [0.15, 0.2) is 34.9 Å². The van der Waals surface area contributed by atoms with Crippen LogP contribution in [0.2, 0.25) is 0 Å². The number of nitrogens with one attached hydrogen (secondary N) is 1. The molecule has 3 heterocycles. The molecule has 150 valence electrons. The molecule has 1 N–H and O–H groups in total. The smallest absolute Gasteiger partial charge is 0.273 e. The van der Waals surface area contributed by atoms with Crippen molar-refractivity contribution in [3.63, 3.8) is 0 Å². The van der Waals surface area contributed by atoms with Crippen molar-refractivity contribution in [2.24, 2.45) is 0 Å². The van der Waals surface area contributed by atoms with E-state index in [9.17, 15) is 19.2 Å². The molecule has 1 aromatic heterocycles. The Hall–Kier alpha value is -3.49. The third kappa shape index (κ3) is 3.63. The van der Waals surface area contributed by atoms with Gasteiger partial charge in [-0.25, -0.2) is 0 Å². The van der Waals surface area contributed by atoms with Gasteiger partial charge in [-0.1, -0.05) is 17.3 Å². The topological polar surface area (TPSA) is 113 Å². The molecular formula is C20H20N4O5. The van der Waals surface area contributed by atoms with Crippen molar-refractivity contribution in [2.45, 2.75) is 25.8 Å². The maximum Gasteiger partial charge on any atom is 0.273 e. The van der Waals surface area contributed by atoms with Crippen LogP contribution in [-0.2, 0) is 4.79 Å². The largest absolute Gasteiger partial charge is 0.361 e. The molecule has 1 aromatic carbocycles. The van der Waals surface area contributed by atoms with E-state index in [1.165, 1.54) is 0 Å². The fourth-order valence-corrected chi connectivity index (χ4v) is 3.62. The minimum atomic E-state index is -0.441. The summed E-state index contributed by atoms with van der Waals surface area (Å²) in [6, 6.07) is 8.04. The minimum Gasteiger partial charge on any atom is -0.361 e. The average molecular weight is 396 g/mol. The van der Waals surface area contributed by atoms with Crippen LogP contribution < -0.4 is 5.32 Å². The van der Waals surface area contributed by atoms with Crippen LogP contribution >= 0.6 is 0 Å². The van der Waals surface area contributed by atoms with Gasteiger partial charge in [-0.15, -0.1) is 0 Å². The number of fused-ring (bicyclic) bond motifs is 1. The van der Waals surface area contributed by atoms with E-state index in [-0.39, 0.29) is 30.1 Å². The second-order valence-electron chi connectivity index (χ2n) is 7.19. The molecule has 0 saturated carbocycles. The molecule has 1 fully saturated rings. The molecule has 0 radical (unpaired) electrons. The predicted octanol–water partition coefficient (Wildman–Crippen LogP) is 1.00. The highest BCUT2D eigenvalue weighted by molar-refractivity contribution is 6.22. The fourth-order valence-electron chi connectivity index (χ4n) is 3.62. The normalized spacial score (nSPS) is 16.9. The molecule has 4 amide bonds. The standard InChI is InChI=1S/C20H20N4O5/c1-12-10-16(22-29-12)18(26)21-13-6-8-23(9-7-13)17(25)11-24-19(27)14-4-2-3-5-15(14)20(24)28/h2-5,10,13H,6-9,11H2,1H3,(H,21,26). The highest BCUT2D eigenvalue weighted by atomic mass is 16.5. The van der Waals surface area contributed by atoms with Crippen molar-refractivity contribution < 1.29 is 23.7 Å². The third-order valence-corrected chi connectivity index (χ3v) is 5.22. The molecule has 2 aromatic rings. The van der Waals surface area contributed by atoms with Gasteiger partial charge in [0.15, 0.2) is 5.69 Å². The zero-order chi connectivity index (χ0) is 20.5. The summed E-state index contributed by atoms with van der Waals surface area (Å²) in [6.07, 6.45) is 1.16. The number of carbonyl (C=O) groups is 4. The molecular weight excluding hydrogens is 376 g/mol. The summed E-state index contributed by atoms with van der Waals surface area (Å²) in [5.41, 5.74) is 0.885. The first-order valence-electron chi connectivity index (χ1n) is 9.41. The first-order valence-corrected chi connectivity index (χ1v) is 9.41. The molecule has 9 heteroatoms. The van der Waals surface area contributed by atoms with Crippen molar-refractivity contribution in [3.05, 3.63) is 52.9 Å². The summed E-state index contributed by atoms with van der Waals surface area (Å²) in [5, 5.41) is 6.58. The van der Waals surface area contributed by atoms with E-state index in [2.05, 4.69) is 10.5 Å². The number of carbonyl (C=O) groups excluding carboxylic acids is 4. The van der Waals surface area contributed by atoms with Gasteiger partial charge < -0.3 is 14.7 Å². The van der Waals surface area contributed by atoms with Gasteiger partial charge >= 0.3 is 0 Å². The lowest BCUT2D eigenvalue weighted by Gasteiger charge is -2.33. The van der Waals surface area contributed by atoms with E-state index in [1.807, 2.05) is 0 Å². The maximum atomic E-state index is 12.6. The van der Waals surface area contributed by atoms with Crippen LogP contribution in [-0.4, -0.2) is 64.3 Å². The Balaban J connectivity index is 1.30. The summed E-state index contributed by atoms with van der Waals surface area (Å²) >= 11 is 0. The second kappa shape index (κ2) is 7.50. The minimum absolute atomic E-state index is 0.0807. The molecule has 2 aliphatic rings. The molecule has 29 heavy (non-hydrogen) atoms. The molecule has 1 saturated heterocycles. The molecule has 0 bridgehead atoms. The van der Waals surface area contributed by atoms with E-state index < -0.39 is 11.8 Å². The van der Waals surface area contributed by atoms with Gasteiger partial charge in [0.25, 0.3) is 17.7 Å². The first-order chi connectivity index (χ1) is 13.9. The quantitative estimate of drug-likeness (QED) is 0.772. The zero-order valence-electron chi connectivity index (χ0n) is 15.9. The Labute approximate surface area is 166 Å². The van der Waals surface area contributed by atoms with Gasteiger partial charge in [-0.3, -0.25) is 24.1 Å². The van der Waals surface area contributed by atoms with E-state index in [1.54, 1.807) is 42.2 Å². The molecule has 4 rings (SSSR count). The van der Waals surface area contributed by atoms with E-state index in [4.69, 9.17) is 4.52 Å². The van der Waals surface area contributed by atoms with Gasteiger partial charge in [-0.2, -0.15) is 0 Å². The lowest BCUT2D eigenvalue weighted by atomic mass is 10.0. The number of rotatable bonds is 4. The lowest BCUT2D eigenvalue weighted by Crippen LogP contribution is -2.49. The van der Waals surface area contributed by atoms with Gasteiger partial charge in [0.2, 0.25) is 5.91 Å². The summed E-state index contributed by atoms with van der Waals surface area (Å²) < 4.78 is 4.90. The van der Waals surface area contributed by atoms with Crippen molar-refractivity contribution in [2.75, 3.05) is 19.6 Å². The van der Waals surface area contributed by atoms with Crippen LogP contribution in [0.3, 0.4) is 0 Å². The zero-order valence-corrected chi connectivity index (χ0v) is 15.9. The van der Waals surface area contributed by atoms with E-state index in [0.29, 0.717) is 42.8 Å². The second-order valence-corrected chi connectivity index (χ2v) is 7.19. The number of amides is 4. The van der Waals surface area contributed by atoms with Crippen molar-refractivity contribution in [3.8, 4) is 0 Å². The number of hydrogen-bond donors (Lipinski definition) is 1. The highest BCUT2D eigenvalue weighted by Crippen LogP contribution is 2.22. The number of hydrogen-bond acceptors (Lipinski definition) is 6.